The van der Waals surface area contributed by atoms with Gasteiger partial charge >= 0.3 is 0 Å². The molecule has 4 nitrogen and oxygen atoms in total. The molecular formula is C15H27Cl2N3O. The van der Waals surface area contributed by atoms with E-state index >= 15 is 0 Å². The topological polar surface area (TPSA) is 49.6 Å². The first kappa shape index (κ1) is 17.3. The first-order chi connectivity index (χ1) is 9.24. The number of rotatable bonds is 2. The summed E-state index contributed by atoms with van der Waals surface area (Å²) in [6, 6.07) is 0.981. The highest BCUT2D eigenvalue weighted by Crippen LogP contribution is 2.48. The van der Waals surface area contributed by atoms with E-state index < -0.39 is 0 Å². The summed E-state index contributed by atoms with van der Waals surface area (Å²) in [7, 11) is 0. The summed E-state index contributed by atoms with van der Waals surface area (Å²) in [5.41, 5.74) is 6.30. The van der Waals surface area contributed by atoms with Crippen LogP contribution in [-0.2, 0) is 4.79 Å². The highest BCUT2D eigenvalue weighted by molar-refractivity contribution is 5.85. The monoisotopic (exact) mass is 335 g/mol. The molecule has 0 spiro atoms. The molecule has 1 aliphatic heterocycles. The highest BCUT2D eigenvalue weighted by Gasteiger charge is 2.50. The summed E-state index contributed by atoms with van der Waals surface area (Å²) in [6.07, 6.45) is 6.43. The number of hydrogen-bond donors (Lipinski definition) is 1. The van der Waals surface area contributed by atoms with Gasteiger partial charge in [0.1, 0.15) is 0 Å². The van der Waals surface area contributed by atoms with Crippen molar-refractivity contribution < 1.29 is 4.79 Å². The number of nitrogens with zero attached hydrogens (tertiary/aromatic N) is 2. The number of fused-ring (bicyclic) bond motifs is 2. The minimum absolute atomic E-state index is 0. The molecule has 0 aromatic rings. The number of nitrogens with two attached hydrogens (primary N) is 1. The van der Waals surface area contributed by atoms with Gasteiger partial charge in [0.2, 0.25) is 5.91 Å². The van der Waals surface area contributed by atoms with Crippen molar-refractivity contribution in [3.8, 4) is 0 Å². The molecule has 3 saturated carbocycles. The van der Waals surface area contributed by atoms with Gasteiger partial charge in [0, 0.05) is 38.3 Å². The lowest BCUT2D eigenvalue weighted by molar-refractivity contribution is -0.139. The number of hydrogen-bond acceptors (Lipinski definition) is 3. The van der Waals surface area contributed by atoms with E-state index in [0.29, 0.717) is 17.7 Å². The maximum Gasteiger partial charge on any atom is 0.227 e. The van der Waals surface area contributed by atoms with Gasteiger partial charge in [-0.25, -0.2) is 0 Å². The van der Waals surface area contributed by atoms with Gasteiger partial charge in [-0.1, -0.05) is 0 Å². The maximum absolute atomic E-state index is 12.7. The molecular weight excluding hydrogens is 309 g/mol. The van der Waals surface area contributed by atoms with Crippen LogP contribution < -0.4 is 5.73 Å². The fourth-order valence-corrected chi connectivity index (χ4v) is 4.66. The van der Waals surface area contributed by atoms with Gasteiger partial charge in [-0.2, -0.15) is 0 Å². The zero-order valence-corrected chi connectivity index (χ0v) is 14.1. The van der Waals surface area contributed by atoms with Crippen LogP contribution >= 0.6 is 24.8 Å². The SMILES string of the molecule is Cl.Cl.NC1C2CCC(C2)C1C(=O)N1CCN(C2CC2)CC1. The van der Waals surface area contributed by atoms with Crippen molar-refractivity contribution in [1.29, 1.82) is 0 Å². The molecule has 21 heavy (non-hydrogen) atoms. The Morgan fingerprint density at radius 1 is 0.905 bits per heavy atom. The van der Waals surface area contributed by atoms with Crippen molar-refractivity contribution >= 4 is 30.7 Å². The molecule has 122 valence electrons. The number of carbonyl (C=O) groups excluding carboxylic acids is 1. The summed E-state index contributed by atoms with van der Waals surface area (Å²) in [6.45, 7) is 4.00. The molecule has 0 aromatic heterocycles. The molecule has 4 aliphatic rings. The molecule has 4 fully saturated rings. The molecule has 1 heterocycles. The predicted octanol–water partition coefficient (Wildman–Crippen LogP) is 1.51. The van der Waals surface area contributed by atoms with E-state index in [-0.39, 0.29) is 36.8 Å². The maximum atomic E-state index is 12.7. The minimum atomic E-state index is 0. The summed E-state index contributed by atoms with van der Waals surface area (Å²) in [4.78, 5) is 17.4. The standard InChI is InChI=1S/C15H25N3O.2ClH/c16-14-11-2-1-10(9-11)13(14)15(19)18-7-5-17(6-8-18)12-3-4-12;;/h10-14H,1-9,16H2;2*1H. The third kappa shape index (κ3) is 3.05. The zero-order chi connectivity index (χ0) is 13.0. The molecule has 4 rings (SSSR count). The Kier molecular flexibility index (Phi) is 5.45. The van der Waals surface area contributed by atoms with Gasteiger partial charge in [0.15, 0.2) is 0 Å². The lowest BCUT2D eigenvalue weighted by Gasteiger charge is -2.38. The Hall–Kier alpha value is -0.0300. The van der Waals surface area contributed by atoms with E-state index in [1.54, 1.807) is 0 Å². The van der Waals surface area contributed by atoms with Crippen LogP contribution in [0.1, 0.15) is 32.1 Å². The van der Waals surface area contributed by atoms with Crippen molar-refractivity contribution in [2.45, 2.75) is 44.2 Å². The molecule has 1 saturated heterocycles. The van der Waals surface area contributed by atoms with Crippen LogP contribution in [0.5, 0.6) is 0 Å². The number of piperazine rings is 1. The van der Waals surface area contributed by atoms with Crippen LogP contribution in [0.4, 0.5) is 0 Å². The van der Waals surface area contributed by atoms with E-state index in [1.807, 2.05) is 0 Å². The number of amides is 1. The second-order valence-corrected chi connectivity index (χ2v) is 7.03. The Morgan fingerprint density at radius 3 is 2.05 bits per heavy atom. The molecule has 0 aromatic carbocycles. The van der Waals surface area contributed by atoms with Gasteiger partial charge in [-0.15, -0.1) is 24.8 Å². The normalized spacial score (nSPS) is 38.8. The van der Waals surface area contributed by atoms with Crippen LogP contribution in [0, 0.1) is 17.8 Å². The summed E-state index contributed by atoms with van der Waals surface area (Å²) < 4.78 is 0. The fourth-order valence-electron chi connectivity index (χ4n) is 4.66. The lowest BCUT2D eigenvalue weighted by atomic mass is 9.84. The Morgan fingerprint density at radius 2 is 1.52 bits per heavy atom. The van der Waals surface area contributed by atoms with E-state index in [2.05, 4.69) is 9.80 Å². The van der Waals surface area contributed by atoms with Gasteiger partial charge in [0.05, 0.1) is 5.92 Å². The van der Waals surface area contributed by atoms with Crippen LogP contribution in [0.25, 0.3) is 0 Å². The van der Waals surface area contributed by atoms with Crippen molar-refractivity contribution in [2.24, 2.45) is 23.5 Å². The number of carbonyl (C=O) groups is 1. The average molecular weight is 336 g/mol. The lowest BCUT2D eigenvalue weighted by Crippen LogP contribution is -2.54. The van der Waals surface area contributed by atoms with Gasteiger partial charge < -0.3 is 10.6 Å². The zero-order valence-electron chi connectivity index (χ0n) is 12.4. The largest absolute Gasteiger partial charge is 0.340 e. The van der Waals surface area contributed by atoms with E-state index in [9.17, 15) is 4.79 Å². The predicted molar refractivity (Wildman–Crippen MR) is 88.0 cm³/mol. The van der Waals surface area contributed by atoms with Crippen molar-refractivity contribution in [1.82, 2.24) is 9.80 Å². The molecule has 2 N–H and O–H groups in total. The van der Waals surface area contributed by atoms with Crippen molar-refractivity contribution in [3.05, 3.63) is 0 Å². The average Bonchev–Trinajstić information content (AvgIpc) is 3.11. The molecule has 4 unspecified atom stereocenters. The Balaban J connectivity index is 0.000000807. The Labute approximate surface area is 139 Å². The highest BCUT2D eigenvalue weighted by atomic mass is 35.5. The van der Waals surface area contributed by atoms with Crippen LogP contribution in [-0.4, -0.2) is 54.0 Å². The van der Waals surface area contributed by atoms with Crippen LogP contribution in [0.15, 0.2) is 0 Å². The van der Waals surface area contributed by atoms with E-state index in [1.165, 1.54) is 32.1 Å². The van der Waals surface area contributed by atoms with Crippen LogP contribution in [0.2, 0.25) is 0 Å². The summed E-state index contributed by atoms with van der Waals surface area (Å²) >= 11 is 0. The Bertz CT molecular complexity index is 381. The molecule has 4 atom stereocenters. The first-order valence-corrected chi connectivity index (χ1v) is 8.02. The smallest absolute Gasteiger partial charge is 0.227 e. The minimum Gasteiger partial charge on any atom is -0.340 e. The second kappa shape index (κ2) is 6.61. The molecule has 1 amide bonds. The first-order valence-electron chi connectivity index (χ1n) is 8.02. The fraction of sp³-hybridized carbons (Fsp3) is 0.933. The van der Waals surface area contributed by atoms with E-state index in [0.717, 1.165) is 32.2 Å². The van der Waals surface area contributed by atoms with Gasteiger partial charge in [0.25, 0.3) is 0 Å². The summed E-state index contributed by atoms with van der Waals surface area (Å²) in [5.74, 6) is 1.74. The molecule has 6 heteroatoms. The van der Waals surface area contributed by atoms with Crippen LogP contribution in [0.3, 0.4) is 0 Å². The summed E-state index contributed by atoms with van der Waals surface area (Å²) in [5, 5.41) is 0. The second-order valence-electron chi connectivity index (χ2n) is 7.03. The van der Waals surface area contributed by atoms with Gasteiger partial charge in [-0.3, -0.25) is 9.69 Å². The number of halogens is 2. The van der Waals surface area contributed by atoms with Crippen molar-refractivity contribution in [3.63, 3.8) is 0 Å². The van der Waals surface area contributed by atoms with E-state index in [4.69, 9.17) is 5.73 Å². The molecule has 2 bridgehead atoms. The quantitative estimate of drug-likeness (QED) is 0.832. The van der Waals surface area contributed by atoms with Crippen molar-refractivity contribution in [2.75, 3.05) is 26.2 Å². The third-order valence-corrected chi connectivity index (χ3v) is 5.95. The molecule has 3 aliphatic carbocycles. The third-order valence-electron chi connectivity index (χ3n) is 5.95. The molecule has 0 radical (unpaired) electrons. The van der Waals surface area contributed by atoms with Gasteiger partial charge in [-0.05, 0) is 43.9 Å².